The predicted octanol–water partition coefficient (Wildman–Crippen LogP) is 2.68. The number of likely N-dealkylation sites (tertiary alicyclic amines) is 1. The highest BCUT2D eigenvalue weighted by Crippen LogP contribution is 2.42. The first-order chi connectivity index (χ1) is 12.7. The molecule has 138 valence electrons. The van der Waals surface area contributed by atoms with Crippen molar-refractivity contribution in [2.45, 2.75) is 32.0 Å². The summed E-state index contributed by atoms with van der Waals surface area (Å²) in [6, 6.07) is 3.52. The second-order valence-electron chi connectivity index (χ2n) is 7.00. The van der Waals surface area contributed by atoms with Gasteiger partial charge >= 0.3 is 0 Å². The zero-order valence-electron chi connectivity index (χ0n) is 14.9. The lowest BCUT2D eigenvalue weighted by Crippen LogP contribution is -2.66. The SMILES string of the molecule is Cc1nc(COCC[C@H]2CCOC23CN(C(=O)c2ccncc2)C3)cs1. The summed E-state index contributed by atoms with van der Waals surface area (Å²) in [6.45, 7) is 5.38. The van der Waals surface area contributed by atoms with Crippen molar-refractivity contribution in [2.24, 2.45) is 5.92 Å². The van der Waals surface area contributed by atoms with Crippen molar-refractivity contribution in [1.29, 1.82) is 0 Å². The van der Waals surface area contributed by atoms with Crippen molar-refractivity contribution < 1.29 is 14.3 Å². The third kappa shape index (κ3) is 3.51. The minimum absolute atomic E-state index is 0.0578. The van der Waals surface area contributed by atoms with Crippen LogP contribution in [0.3, 0.4) is 0 Å². The Morgan fingerprint density at radius 3 is 2.96 bits per heavy atom. The summed E-state index contributed by atoms with van der Waals surface area (Å²) in [4.78, 5) is 22.8. The van der Waals surface area contributed by atoms with Crippen LogP contribution >= 0.6 is 11.3 Å². The predicted molar refractivity (Wildman–Crippen MR) is 98.1 cm³/mol. The van der Waals surface area contributed by atoms with Gasteiger partial charge in [0, 0.05) is 36.6 Å². The average Bonchev–Trinajstić information content (AvgIpc) is 3.24. The van der Waals surface area contributed by atoms with Gasteiger partial charge in [-0.3, -0.25) is 9.78 Å². The van der Waals surface area contributed by atoms with Crippen LogP contribution in [-0.4, -0.2) is 52.7 Å². The molecule has 2 fully saturated rings. The van der Waals surface area contributed by atoms with Crippen LogP contribution in [0.1, 0.15) is 33.9 Å². The molecule has 0 bridgehead atoms. The molecule has 7 heteroatoms. The molecule has 0 unspecified atom stereocenters. The Balaban J connectivity index is 1.26. The van der Waals surface area contributed by atoms with E-state index >= 15 is 0 Å². The fourth-order valence-electron chi connectivity index (χ4n) is 3.84. The number of hydrogen-bond donors (Lipinski definition) is 0. The molecular formula is C19H23N3O3S. The number of hydrogen-bond acceptors (Lipinski definition) is 6. The van der Waals surface area contributed by atoms with E-state index in [2.05, 4.69) is 9.97 Å². The van der Waals surface area contributed by atoms with Gasteiger partial charge in [0.2, 0.25) is 0 Å². The third-order valence-corrected chi connectivity index (χ3v) is 6.08. The largest absolute Gasteiger partial charge is 0.375 e. The van der Waals surface area contributed by atoms with Gasteiger partial charge in [-0.25, -0.2) is 4.98 Å². The zero-order valence-corrected chi connectivity index (χ0v) is 15.7. The lowest BCUT2D eigenvalue weighted by molar-refractivity contribution is -0.120. The highest BCUT2D eigenvalue weighted by molar-refractivity contribution is 7.09. The van der Waals surface area contributed by atoms with Gasteiger partial charge in [0.1, 0.15) is 5.60 Å². The van der Waals surface area contributed by atoms with E-state index in [0.29, 0.717) is 37.8 Å². The van der Waals surface area contributed by atoms with Crippen molar-refractivity contribution in [2.75, 3.05) is 26.3 Å². The first-order valence-corrected chi connectivity index (χ1v) is 9.86. The minimum atomic E-state index is -0.177. The van der Waals surface area contributed by atoms with E-state index in [4.69, 9.17) is 9.47 Å². The van der Waals surface area contributed by atoms with Crippen LogP contribution in [0, 0.1) is 12.8 Å². The summed E-state index contributed by atoms with van der Waals surface area (Å²) in [5, 5.41) is 3.12. The number of rotatable bonds is 6. The van der Waals surface area contributed by atoms with Crippen LogP contribution in [0.4, 0.5) is 0 Å². The van der Waals surface area contributed by atoms with Crippen LogP contribution in [0.25, 0.3) is 0 Å². The third-order valence-electron chi connectivity index (χ3n) is 5.26. The van der Waals surface area contributed by atoms with Gasteiger partial charge in [0.15, 0.2) is 0 Å². The molecule has 0 N–H and O–H groups in total. The van der Waals surface area contributed by atoms with Gasteiger partial charge in [-0.05, 0) is 37.8 Å². The first-order valence-electron chi connectivity index (χ1n) is 8.98. The average molecular weight is 373 g/mol. The summed E-state index contributed by atoms with van der Waals surface area (Å²) >= 11 is 1.65. The quantitative estimate of drug-likeness (QED) is 0.729. The van der Waals surface area contributed by atoms with Crippen LogP contribution in [0.5, 0.6) is 0 Å². The lowest BCUT2D eigenvalue weighted by atomic mass is 9.79. The van der Waals surface area contributed by atoms with E-state index < -0.39 is 0 Å². The van der Waals surface area contributed by atoms with Crippen molar-refractivity contribution in [3.8, 4) is 0 Å². The molecule has 0 aliphatic carbocycles. The van der Waals surface area contributed by atoms with E-state index in [9.17, 15) is 4.79 Å². The molecule has 2 aromatic rings. The number of amides is 1. The first kappa shape index (κ1) is 17.6. The summed E-state index contributed by atoms with van der Waals surface area (Å²) in [7, 11) is 0. The number of carbonyl (C=O) groups excluding carboxylic acids is 1. The fourth-order valence-corrected chi connectivity index (χ4v) is 4.44. The van der Waals surface area contributed by atoms with Gasteiger partial charge in [-0.1, -0.05) is 0 Å². The van der Waals surface area contributed by atoms with Crippen LogP contribution in [0.15, 0.2) is 29.9 Å². The topological polar surface area (TPSA) is 64.6 Å². The van der Waals surface area contributed by atoms with Crippen molar-refractivity contribution in [1.82, 2.24) is 14.9 Å². The van der Waals surface area contributed by atoms with Crippen LogP contribution < -0.4 is 0 Å². The summed E-state index contributed by atoms with van der Waals surface area (Å²) < 4.78 is 11.9. The summed E-state index contributed by atoms with van der Waals surface area (Å²) in [5.74, 6) is 0.503. The standard InChI is InChI=1S/C19H23N3O3S/c1-14-21-17(11-26-14)10-24-8-4-16-5-9-25-19(16)12-22(13-19)18(23)15-2-6-20-7-3-15/h2-3,6-7,11,16H,4-5,8-10,12-13H2,1H3/t16-/m0/s1. The number of aryl methyl sites for hydroxylation is 1. The van der Waals surface area contributed by atoms with Gasteiger partial charge in [0.25, 0.3) is 5.91 Å². The monoisotopic (exact) mass is 373 g/mol. The number of carbonyl (C=O) groups is 1. The highest BCUT2D eigenvalue weighted by Gasteiger charge is 2.54. The van der Waals surface area contributed by atoms with E-state index in [1.807, 2.05) is 17.2 Å². The number of nitrogens with zero attached hydrogens (tertiary/aromatic N) is 3. The van der Waals surface area contributed by atoms with Crippen molar-refractivity contribution in [3.05, 3.63) is 46.2 Å². The van der Waals surface area contributed by atoms with Crippen LogP contribution in [0.2, 0.25) is 0 Å². The molecule has 0 aromatic carbocycles. The van der Waals surface area contributed by atoms with Crippen molar-refractivity contribution in [3.63, 3.8) is 0 Å². The molecule has 0 saturated carbocycles. The Hall–Kier alpha value is -1.83. The molecule has 2 aliphatic rings. The van der Waals surface area contributed by atoms with Crippen molar-refractivity contribution >= 4 is 17.2 Å². The minimum Gasteiger partial charge on any atom is -0.375 e. The molecule has 2 aromatic heterocycles. The molecule has 26 heavy (non-hydrogen) atoms. The Bertz CT molecular complexity index is 758. The maximum Gasteiger partial charge on any atom is 0.254 e. The molecule has 1 amide bonds. The van der Waals surface area contributed by atoms with Gasteiger partial charge in [-0.2, -0.15) is 0 Å². The Morgan fingerprint density at radius 2 is 2.23 bits per heavy atom. The molecule has 6 nitrogen and oxygen atoms in total. The van der Waals surface area contributed by atoms with Gasteiger partial charge < -0.3 is 14.4 Å². The van der Waals surface area contributed by atoms with Crippen LogP contribution in [-0.2, 0) is 16.1 Å². The molecule has 4 rings (SSSR count). The second kappa shape index (κ2) is 7.42. The molecule has 0 radical (unpaired) electrons. The number of pyridine rings is 1. The molecule has 4 heterocycles. The number of thiazole rings is 1. The zero-order chi connectivity index (χ0) is 18.0. The maximum atomic E-state index is 12.5. The lowest BCUT2D eigenvalue weighted by Gasteiger charge is -2.50. The smallest absolute Gasteiger partial charge is 0.254 e. The number of aromatic nitrogens is 2. The van der Waals surface area contributed by atoms with E-state index in [0.717, 1.165) is 30.2 Å². The Kier molecular flexibility index (Phi) is 5.02. The summed E-state index contributed by atoms with van der Waals surface area (Å²) in [5.41, 5.74) is 1.51. The van der Waals surface area contributed by atoms with Gasteiger partial charge in [0.05, 0.1) is 30.4 Å². The molecule has 1 spiro atoms. The fraction of sp³-hybridized carbons (Fsp3) is 0.526. The highest BCUT2D eigenvalue weighted by atomic mass is 32.1. The molecule has 1 atom stereocenters. The van der Waals surface area contributed by atoms with E-state index in [1.165, 1.54) is 0 Å². The molecular weight excluding hydrogens is 350 g/mol. The number of ether oxygens (including phenoxy) is 2. The maximum absolute atomic E-state index is 12.5. The second-order valence-corrected chi connectivity index (χ2v) is 8.06. The summed E-state index contributed by atoms with van der Waals surface area (Å²) in [6.07, 6.45) is 5.30. The Morgan fingerprint density at radius 1 is 1.42 bits per heavy atom. The normalized spacial score (nSPS) is 21.1. The Labute approximate surface area is 157 Å². The molecule has 2 saturated heterocycles. The van der Waals surface area contributed by atoms with Gasteiger partial charge in [-0.15, -0.1) is 11.3 Å². The molecule has 2 aliphatic heterocycles. The van der Waals surface area contributed by atoms with E-state index in [1.54, 1.807) is 35.9 Å². The van der Waals surface area contributed by atoms with E-state index in [-0.39, 0.29) is 11.5 Å².